The highest BCUT2D eigenvalue weighted by molar-refractivity contribution is 5.97. The minimum Gasteiger partial charge on any atom is -0.497 e. The van der Waals surface area contributed by atoms with E-state index in [9.17, 15) is 9.59 Å². The zero-order chi connectivity index (χ0) is 21.8. The summed E-state index contributed by atoms with van der Waals surface area (Å²) in [6, 6.07) is 15.5. The lowest BCUT2D eigenvalue weighted by Crippen LogP contribution is -2.16. The fraction of sp³-hybridized carbons (Fsp3) is 0.280. The van der Waals surface area contributed by atoms with E-state index in [2.05, 4.69) is 5.32 Å². The number of aromatic nitrogens is 1. The topological polar surface area (TPSA) is 60.3 Å². The maximum absolute atomic E-state index is 12.6. The third-order valence-electron chi connectivity index (χ3n) is 5.57. The maximum atomic E-state index is 12.6. The van der Waals surface area contributed by atoms with Crippen LogP contribution in [0.15, 0.2) is 48.5 Å². The Morgan fingerprint density at radius 1 is 1.03 bits per heavy atom. The molecule has 3 rings (SSSR count). The van der Waals surface area contributed by atoms with E-state index in [4.69, 9.17) is 4.74 Å². The smallest absolute Gasteiger partial charge is 0.226 e. The average molecular weight is 405 g/mol. The molecule has 0 fully saturated rings. The van der Waals surface area contributed by atoms with Gasteiger partial charge in [0.15, 0.2) is 5.78 Å². The first-order valence-corrected chi connectivity index (χ1v) is 10.0. The number of amides is 1. The van der Waals surface area contributed by atoms with Gasteiger partial charge in [-0.25, -0.2) is 0 Å². The number of ether oxygens (including phenoxy) is 1. The number of anilines is 1. The summed E-state index contributed by atoms with van der Waals surface area (Å²) in [7, 11) is 1.63. The van der Waals surface area contributed by atoms with Gasteiger partial charge in [-0.3, -0.25) is 9.59 Å². The van der Waals surface area contributed by atoms with E-state index in [0.29, 0.717) is 18.5 Å². The van der Waals surface area contributed by atoms with Gasteiger partial charge in [0.2, 0.25) is 5.91 Å². The summed E-state index contributed by atoms with van der Waals surface area (Å²) >= 11 is 0. The molecule has 1 amide bonds. The van der Waals surface area contributed by atoms with E-state index in [1.165, 1.54) is 0 Å². The fourth-order valence-electron chi connectivity index (χ4n) is 3.60. The van der Waals surface area contributed by atoms with E-state index >= 15 is 0 Å². The molecule has 5 heteroatoms. The molecule has 3 aromatic rings. The Kier molecular flexibility index (Phi) is 6.40. The molecule has 0 aliphatic carbocycles. The van der Waals surface area contributed by atoms with Crippen molar-refractivity contribution in [2.75, 3.05) is 12.4 Å². The molecule has 0 bridgehead atoms. The zero-order valence-corrected chi connectivity index (χ0v) is 18.2. The van der Waals surface area contributed by atoms with Crippen LogP contribution in [0.4, 0.5) is 5.69 Å². The van der Waals surface area contributed by atoms with Crippen LogP contribution >= 0.6 is 0 Å². The van der Waals surface area contributed by atoms with Crippen molar-refractivity contribution in [1.29, 1.82) is 0 Å². The van der Waals surface area contributed by atoms with Crippen LogP contribution in [0.1, 0.15) is 40.5 Å². The molecule has 0 saturated heterocycles. The molecule has 0 unspecified atom stereocenters. The van der Waals surface area contributed by atoms with Crippen molar-refractivity contribution in [3.63, 3.8) is 0 Å². The van der Waals surface area contributed by atoms with E-state index in [1.807, 2.05) is 73.9 Å². The van der Waals surface area contributed by atoms with Crippen LogP contribution in [0.25, 0.3) is 11.3 Å². The number of hydrogen-bond donors (Lipinski definition) is 1. The normalized spacial score (nSPS) is 10.7. The molecule has 2 aromatic carbocycles. The summed E-state index contributed by atoms with van der Waals surface area (Å²) in [6.07, 6.45) is 0.309. The Hall–Kier alpha value is -3.34. The lowest BCUT2D eigenvalue weighted by atomic mass is 10.1. The zero-order valence-electron chi connectivity index (χ0n) is 18.2. The number of rotatable bonds is 7. The van der Waals surface area contributed by atoms with E-state index in [-0.39, 0.29) is 11.7 Å². The van der Waals surface area contributed by atoms with E-state index < -0.39 is 0 Å². The molecule has 1 N–H and O–H groups in total. The number of methoxy groups -OCH3 is 1. The lowest BCUT2D eigenvalue weighted by molar-refractivity contribution is -0.116. The number of carbonyl (C=O) groups is 2. The molecule has 0 saturated carbocycles. The second-order valence-corrected chi connectivity index (χ2v) is 7.51. The molecule has 5 nitrogen and oxygen atoms in total. The third-order valence-corrected chi connectivity index (χ3v) is 5.57. The maximum Gasteiger partial charge on any atom is 0.226 e. The number of Topliss-reactive ketones (excluding diaryl/α,β-unsaturated/α-hetero) is 1. The van der Waals surface area contributed by atoms with Crippen LogP contribution in [0, 0.1) is 20.8 Å². The van der Waals surface area contributed by atoms with Gasteiger partial charge in [-0.15, -0.1) is 0 Å². The Labute approximate surface area is 177 Å². The third kappa shape index (κ3) is 4.46. The summed E-state index contributed by atoms with van der Waals surface area (Å²) in [5.41, 5.74) is 6.48. The van der Waals surface area contributed by atoms with Gasteiger partial charge in [0.25, 0.3) is 0 Å². The molecule has 0 aliphatic rings. The van der Waals surface area contributed by atoms with Crippen molar-refractivity contribution in [3.8, 4) is 17.0 Å². The summed E-state index contributed by atoms with van der Waals surface area (Å²) in [5.74, 6) is 0.732. The molecule has 1 heterocycles. The summed E-state index contributed by atoms with van der Waals surface area (Å²) in [6.45, 7) is 8.00. The highest BCUT2D eigenvalue weighted by atomic mass is 16.5. The minimum atomic E-state index is -0.0538. The molecular weight excluding hydrogens is 376 g/mol. The Balaban J connectivity index is 1.84. The summed E-state index contributed by atoms with van der Waals surface area (Å²) in [5, 5.41) is 3.01. The molecule has 30 heavy (non-hydrogen) atoms. The monoisotopic (exact) mass is 404 g/mol. The molecule has 0 aliphatic heterocycles. The van der Waals surface area contributed by atoms with Gasteiger partial charge >= 0.3 is 0 Å². The van der Waals surface area contributed by atoms with Crippen LogP contribution < -0.4 is 10.1 Å². The number of benzene rings is 2. The highest BCUT2D eigenvalue weighted by Crippen LogP contribution is 2.28. The predicted octanol–water partition coefficient (Wildman–Crippen LogP) is 5.32. The van der Waals surface area contributed by atoms with Gasteiger partial charge in [-0.1, -0.05) is 12.1 Å². The largest absolute Gasteiger partial charge is 0.497 e. The van der Waals surface area contributed by atoms with Crippen LogP contribution in [-0.2, 0) is 11.3 Å². The molecule has 1 aromatic heterocycles. The van der Waals surface area contributed by atoms with Crippen molar-refractivity contribution < 1.29 is 14.3 Å². The first-order valence-electron chi connectivity index (χ1n) is 10.0. The van der Waals surface area contributed by atoms with Crippen LogP contribution in [0.3, 0.4) is 0 Å². The highest BCUT2D eigenvalue weighted by Gasteiger charge is 2.17. The van der Waals surface area contributed by atoms with Gasteiger partial charge in [0, 0.05) is 35.6 Å². The molecule has 0 radical (unpaired) electrons. The molecule has 0 atom stereocenters. The first-order chi connectivity index (χ1) is 14.3. The van der Waals surface area contributed by atoms with Crippen molar-refractivity contribution >= 4 is 17.4 Å². The van der Waals surface area contributed by atoms with E-state index in [0.717, 1.165) is 39.5 Å². The number of ketones is 1. The Morgan fingerprint density at radius 3 is 2.37 bits per heavy atom. The quantitative estimate of drug-likeness (QED) is 0.542. The van der Waals surface area contributed by atoms with Gasteiger partial charge in [0.05, 0.1) is 7.11 Å². The molecule has 156 valence electrons. The van der Waals surface area contributed by atoms with Crippen LogP contribution in [0.2, 0.25) is 0 Å². The standard InChI is InChI=1S/C25H28N2O3/c1-16-7-6-8-23(17(16)2)26-25(29)13-14-27-18(3)22(19(4)28)15-24(27)20-9-11-21(30-5)12-10-20/h6-12,15H,13-14H2,1-5H3,(H,26,29). The number of nitrogens with zero attached hydrogens (tertiary/aromatic N) is 1. The lowest BCUT2D eigenvalue weighted by Gasteiger charge is -2.14. The first kappa shape index (κ1) is 21.4. The number of nitrogens with one attached hydrogen (secondary N) is 1. The molecular formula is C25H28N2O3. The van der Waals surface area contributed by atoms with Gasteiger partial charge in [-0.2, -0.15) is 0 Å². The predicted molar refractivity (Wildman–Crippen MR) is 120 cm³/mol. The molecule has 0 spiro atoms. The van der Waals surface area contributed by atoms with E-state index in [1.54, 1.807) is 14.0 Å². The van der Waals surface area contributed by atoms with Gasteiger partial charge < -0.3 is 14.6 Å². The van der Waals surface area contributed by atoms with Crippen molar-refractivity contribution in [3.05, 3.63) is 70.9 Å². The number of aryl methyl sites for hydroxylation is 1. The number of hydrogen-bond acceptors (Lipinski definition) is 3. The minimum absolute atomic E-state index is 0.0147. The van der Waals surface area contributed by atoms with Crippen LogP contribution in [0.5, 0.6) is 5.75 Å². The van der Waals surface area contributed by atoms with Crippen LogP contribution in [-0.4, -0.2) is 23.4 Å². The van der Waals surface area contributed by atoms with Gasteiger partial charge in [0.1, 0.15) is 5.75 Å². The van der Waals surface area contributed by atoms with Crippen molar-refractivity contribution in [2.24, 2.45) is 0 Å². The van der Waals surface area contributed by atoms with Crippen molar-refractivity contribution in [1.82, 2.24) is 4.57 Å². The SMILES string of the molecule is COc1ccc(-c2cc(C(C)=O)c(C)n2CCC(=O)Nc2cccc(C)c2C)cc1. The fourth-order valence-corrected chi connectivity index (χ4v) is 3.60. The summed E-state index contributed by atoms with van der Waals surface area (Å²) < 4.78 is 7.29. The van der Waals surface area contributed by atoms with Crippen molar-refractivity contribution in [2.45, 2.75) is 40.7 Å². The average Bonchev–Trinajstić information content (AvgIpc) is 3.06. The second kappa shape index (κ2) is 8.99. The Bertz CT molecular complexity index is 1080. The Morgan fingerprint density at radius 2 is 1.73 bits per heavy atom. The second-order valence-electron chi connectivity index (χ2n) is 7.51. The summed E-state index contributed by atoms with van der Waals surface area (Å²) in [4.78, 5) is 24.7. The van der Waals surface area contributed by atoms with Gasteiger partial charge in [-0.05, 0) is 80.8 Å². The number of carbonyl (C=O) groups excluding carboxylic acids is 2.